The van der Waals surface area contributed by atoms with E-state index in [1.54, 1.807) is 0 Å². The highest BCUT2D eigenvalue weighted by Gasteiger charge is 2.18. The number of nitrogens with zero attached hydrogens (tertiary/aromatic N) is 1. The van der Waals surface area contributed by atoms with Gasteiger partial charge < -0.3 is 13.4 Å². The molecule has 11 aromatic rings. The van der Waals surface area contributed by atoms with Gasteiger partial charge in [0.15, 0.2) is 0 Å². The van der Waals surface area contributed by atoms with Crippen molar-refractivity contribution in [3.8, 4) is 39.1 Å². The molecule has 0 unspecified atom stereocenters. The molecule has 0 N–H and O–H groups in total. The lowest BCUT2D eigenvalue weighted by Crippen LogP contribution is -1.93. The fourth-order valence-corrected chi connectivity index (χ4v) is 8.00. The predicted octanol–water partition coefficient (Wildman–Crippen LogP) is 13.6. The predicted molar refractivity (Wildman–Crippen MR) is 212 cm³/mol. The van der Waals surface area contributed by atoms with E-state index in [2.05, 4.69) is 168 Å². The number of fused-ring (bicyclic) bond motifs is 9. The number of hydrogen-bond donors (Lipinski definition) is 0. The summed E-state index contributed by atoms with van der Waals surface area (Å²) >= 11 is 0. The zero-order chi connectivity index (χ0) is 33.5. The van der Waals surface area contributed by atoms with E-state index < -0.39 is 0 Å². The van der Waals surface area contributed by atoms with E-state index in [1.807, 2.05) is 12.1 Å². The number of aromatic nitrogens is 1. The van der Waals surface area contributed by atoms with Crippen LogP contribution >= 0.6 is 0 Å². The van der Waals surface area contributed by atoms with Gasteiger partial charge in [-0.25, -0.2) is 0 Å². The third kappa shape index (κ3) is 4.32. The first-order valence-corrected chi connectivity index (χ1v) is 17.3. The van der Waals surface area contributed by atoms with E-state index in [9.17, 15) is 0 Å². The van der Waals surface area contributed by atoms with Gasteiger partial charge in [-0.1, -0.05) is 109 Å². The fourth-order valence-electron chi connectivity index (χ4n) is 8.00. The molecule has 0 saturated heterocycles. The number of para-hydroxylation sites is 2. The van der Waals surface area contributed by atoms with Crippen molar-refractivity contribution in [1.29, 1.82) is 0 Å². The molecule has 3 heteroatoms. The van der Waals surface area contributed by atoms with Gasteiger partial charge >= 0.3 is 0 Å². The van der Waals surface area contributed by atoms with Crippen molar-refractivity contribution in [2.24, 2.45) is 0 Å². The third-order valence-corrected chi connectivity index (χ3v) is 10.4. The molecule has 3 nitrogen and oxygen atoms in total. The smallest absolute Gasteiger partial charge is 0.135 e. The summed E-state index contributed by atoms with van der Waals surface area (Å²) in [6.07, 6.45) is 0. The highest BCUT2D eigenvalue weighted by molar-refractivity contribution is 6.17. The van der Waals surface area contributed by atoms with E-state index in [4.69, 9.17) is 8.83 Å². The van der Waals surface area contributed by atoms with Crippen molar-refractivity contribution in [1.82, 2.24) is 4.57 Å². The first-order valence-electron chi connectivity index (χ1n) is 17.3. The lowest BCUT2D eigenvalue weighted by Gasteiger charge is -2.10. The first kappa shape index (κ1) is 28.0. The van der Waals surface area contributed by atoms with Gasteiger partial charge in [-0.3, -0.25) is 0 Å². The van der Waals surface area contributed by atoms with Gasteiger partial charge in [0.25, 0.3) is 0 Å². The quantitative estimate of drug-likeness (QED) is 0.190. The molecule has 0 bridgehead atoms. The molecule has 0 spiro atoms. The zero-order valence-corrected chi connectivity index (χ0v) is 27.5. The molecule has 8 aromatic carbocycles. The molecular formula is C48H29NO2. The van der Waals surface area contributed by atoms with Crippen LogP contribution in [0.15, 0.2) is 185 Å². The first-order chi connectivity index (χ1) is 25.3. The molecule has 0 atom stereocenters. The summed E-state index contributed by atoms with van der Waals surface area (Å²) in [5, 5.41) is 6.95. The van der Waals surface area contributed by atoms with Crippen LogP contribution in [-0.4, -0.2) is 4.57 Å². The number of benzene rings is 8. The molecular weight excluding hydrogens is 623 g/mol. The molecule has 0 aliphatic heterocycles. The van der Waals surface area contributed by atoms with Crippen LogP contribution in [0.4, 0.5) is 0 Å². The number of hydrogen-bond acceptors (Lipinski definition) is 2. The van der Waals surface area contributed by atoms with Gasteiger partial charge in [-0.05, 0) is 100 Å². The Hall–Kier alpha value is -6.84. The molecule has 0 aliphatic carbocycles. The topological polar surface area (TPSA) is 31.2 Å². The summed E-state index contributed by atoms with van der Waals surface area (Å²) in [4.78, 5) is 0. The molecule has 0 amide bonds. The number of rotatable bonds is 4. The van der Waals surface area contributed by atoms with Crippen LogP contribution in [0.2, 0.25) is 0 Å². The van der Waals surface area contributed by atoms with E-state index in [1.165, 1.54) is 38.5 Å². The maximum absolute atomic E-state index is 6.39. The Morgan fingerprint density at radius 3 is 1.55 bits per heavy atom. The van der Waals surface area contributed by atoms with Crippen LogP contribution < -0.4 is 0 Å². The highest BCUT2D eigenvalue weighted by atomic mass is 16.3. The Morgan fingerprint density at radius 1 is 0.314 bits per heavy atom. The van der Waals surface area contributed by atoms with Crippen molar-refractivity contribution in [3.63, 3.8) is 0 Å². The van der Waals surface area contributed by atoms with Crippen LogP contribution in [-0.2, 0) is 0 Å². The van der Waals surface area contributed by atoms with Crippen LogP contribution in [0.25, 0.3) is 105 Å². The molecule has 51 heavy (non-hydrogen) atoms. The highest BCUT2D eigenvalue weighted by Crippen LogP contribution is 2.41. The SMILES string of the molecule is c1ccc(-c2ccc(-n3c4ccccc4c4c(-c5ccc6oc7ccc(-c8ccc9oc%10ccccc%10c9c8)cc7c6c5)cccc43)cc2)cc1. The van der Waals surface area contributed by atoms with E-state index >= 15 is 0 Å². The standard InChI is InChI=1S/C48H29NO2/c1-2-9-30(10-3-1)31-17-22-35(23-18-31)49-42-14-6-4-12-38(42)48-36(13-8-15-43(48)49)34-21-26-47-41(29-34)40-28-33(20-25-46(40)51-47)32-19-24-45-39(27-32)37-11-5-7-16-44(37)50-45/h1-29H. The van der Waals surface area contributed by atoms with Gasteiger partial charge in [-0.15, -0.1) is 0 Å². The summed E-state index contributed by atoms with van der Waals surface area (Å²) in [6, 6.07) is 62.7. The molecule has 11 rings (SSSR count). The minimum Gasteiger partial charge on any atom is -0.456 e. The molecule has 0 aliphatic rings. The molecule has 3 heterocycles. The van der Waals surface area contributed by atoms with Gasteiger partial charge in [-0.2, -0.15) is 0 Å². The summed E-state index contributed by atoms with van der Waals surface area (Å²) < 4.78 is 14.9. The Morgan fingerprint density at radius 2 is 0.824 bits per heavy atom. The lowest BCUT2D eigenvalue weighted by molar-refractivity contribution is 0.668. The van der Waals surface area contributed by atoms with Crippen molar-refractivity contribution in [2.45, 2.75) is 0 Å². The average Bonchev–Trinajstić information content (AvgIpc) is 3.87. The lowest BCUT2D eigenvalue weighted by atomic mass is 9.97. The van der Waals surface area contributed by atoms with Crippen molar-refractivity contribution in [2.75, 3.05) is 0 Å². The largest absolute Gasteiger partial charge is 0.456 e. The van der Waals surface area contributed by atoms with Crippen LogP contribution in [0.5, 0.6) is 0 Å². The van der Waals surface area contributed by atoms with Crippen LogP contribution in [0.1, 0.15) is 0 Å². The maximum atomic E-state index is 6.39. The van der Waals surface area contributed by atoms with Gasteiger partial charge in [0, 0.05) is 38.0 Å². The minimum absolute atomic E-state index is 0.884. The van der Waals surface area contributed by atoms with Gasteiger partial charge in [0.1, 0.15) is 22.3 Å². The second-order valence-corrected chi connectivity index (χ2v) is 13.3. The van der Waals surface area contributed by atoms with Crippen molar-refractivity contribution >= 4 is 65.7 Å². The summed E-state index contributed by atoms with van der Waals surface area (Å²) in [5.74, 6) is 0. The second-order valence-electron chi connectivity index (χ2n) is 13.3. The van der Waals surface area contributed by atoms with Gasteiger partial charge in [0.05, 0.1) is 11.0 Å². The maximum Gasteiger partial charge on any atom is 0.135 e. The molecule has 238 valence electrons. The Balaban J connectivity index is 1.06. The van der Waals surface area contributed by atoms with Crippen LogP contribution in [0, 0.1) is 0 Å². The molecule has 0 fully saturated rings. The summed E-state index contributed by atoms with van der Waals surface area (Å²) in [6.45, 7) is 0. The minimum atomic E-state index is 0.884. The van der Waals surface area contributed by atoms with Gasteiger partial charge in [0.2, 0.25) is 0 Å². The Labute approximate surface area is 293 Å². The Kier molecular flexibility index (Phi) is 5.96. The molecule has 0 radical (unpaired) electrons. The third-order valence-electron chi connectivity index (χ3n) is 10.4. The monoisotopic (exact) mass is 651 g/mol. The normalized spacial score (nSPS) is 11.9. The zero-order valence-electron chi connectivity index (χ0n) is 27.5. The van der Waals surface area contributed by atoms with Crippen LogP contribution in [0.3, 0.4) is 0 Å². The summed E-state index contributed by atoms with van der Waals surface area (Å²) in [5.41, 5.74) is 14.2. The Bertz CT molecular complexity index is 3120. The average molecular weight is 652 g/mol. The van der Waals surface area contributed by atoms with E-state index in [0.29, 0.717) is 0 Å². The van der Waals surface area contributed by atoms with E-state index in [0.717, 1.165) is 66.3 Å². The molecule has 0 saturated carbocycles. The number of furan rings is 2. The van der Waals surface area contributed by atoms with Crippen molar-refractivity contribution < 1.29 is 8.83 Å². The summed E-state index contributed by atoms with van der Waals surface area (Å²) in [7, 11) is 0. The van der Waals surface area contributed by atoms with E-state index in [-0.39, 0.29) is 0 Å². The molecule has 3 aromatic heterocycles. The fraction of sp³-hybridized carbons (Fsp3) is 0. The second kappa shape index (κ2) is 10.8. The van der Waals surface area contributed by atoms with Crippen molar-refractivity contribution in [3.05, 3.63) is 176 Å².